The number of carbonyl (C=O) groups is 5. The number of aliphatic hydroxyl groups is 3. The summed E-state index contributed by atoms with van der Waals surface area (Å²) in [6.07, 6.45) is -4.23. The fourth-order valence-corrected chi connectivity index (χ4v) is 10.1. The number of nitrogens with two attached hydrogens (primary N) is 2. The summed E-state index contributed by atoms with van der Waals surface area (Å²) in [5.41, 5.74) is 13.1. The molecule has 0 aliphatic carbocycles. The van der Waals surface area contributed by atoms with Crippen LogP contribution < -0.4 is 11.5 Å². The second kappa shape index (κ2) is 28.7. The number of nitrogens with zero attached hydrogens (tertiary/aromatic N) is 8. The lowest BCUT2D eigenvalue weighted by atomic mass is 10.1. The van der Waals surface area contributed by atoms with Gasteiger partial charge in [-0.1, -0.05) is 13.8 Å². The Morgan fingerprint density at radius 1 is 0.562 bits per heavy atom. The van der Waals surface area contributed by atoms with Crippen molar-refractivity contribution in [3.05, 3.63) is 37.4 Å². The summed E-state index contributed by atoms with van der Waals surface area (Å²) in [5, 5.41) is 63.6. The Morgan fingerprint density at radius 3 is 1.49 bits per heavy atom. The molecular weight excluding hydrogens is 1190 g/mol. The van der Waals surface area contributed by atoms with Crippen LogP contribution >= 0.6 is 0 Å². The van der Waals surface area contributed by atoms with Gasteiger partial charge in [-0.15, -0.1) is 0 Å². The van der Waals surface area contributed by atoms with Crippen LogP contribution in [0, 0.1) is 0 Å². The number of nitrogen functional groups attached to an aromatic ring is 2. The number of aromatic hydroxyl groups is 4. The number of imidazole rings is 2. The molecule has 6 saturated heterocycles. The number of benzene rings is 1. The fraction of sp³-hybridized carbons (Fsp3) is 0.611. The maximum Gasteiger partial charge on any atom is 0.305 e. The van der Waals surface area contributed by atoms with Gasteiger partial charge in [0, 0.05) is 34.6 Å². The molecule has 0 saturated carbocycles. The molecule has 490 valence electrons. The van der Waals surface area contributed by atoms with Crippen LogP contribution in [-0.4, -0.2) is 215 Å². The zero-order valence-corrected chi connectivity index (χ0v) is 50.2. The lowest BCUT2D eigenvalue weighted by molar-refractivity contribution is -0.319. The van der Waals surface area contributed by atoms with Gasteiger partial charge in [-0.2, -0.15) is 0 Å². The maximum absolute atomic E-state index is 11.6. The van der Waals surface area contributed by atoms with Crippen molar-refractivity contribution in [2.24, 2.45) is 0 Å². The van der Waals surface area contributed by atoms with E-state index < -0.39 is 145 Å². The quantitative estimate of drug-likeness (QED) is 0.0401. The number of rotatable bonds is 10. The number of phenolic OH excluding ortho intramolecular Hbond substituents is 4. The highest BCUT2D eigenvalue weighted by Crippen LogP contribution is 2.44. The fourth-order valence-electron chi connectivity index (χ4n) is 10.1. The summed E-state index contributed by atoms with van der Waals surface area (Å²) in [6.45, 7) is 17.7. The normalized spacial score (nSPS) is 30.1. The Labute approximate surface area is 506 Å². The van der Waals surface area contributed by atoms with Crippen molar-refractivity contribution in [3.8, 4) is 23.0 Å². The lowest BCUT2D eigenvalue weighted by Crippen LogP contribution is -2.50. The molecule has 11 N–H and O–H groups in total. The van der Waals surface area contributed by atoms with Gasteiger partial charge in [0.2, 0.25) is 23.9 Å². The standard InChI is InChI=1S/C15H19N5O5.C12H18O7.C11H18O5.C10H13N5O4.C6H6O4/c1-4-9-11(23-7(2)21)12(24-8(3)22)15(25-9)20-6-19-10-13(16)17-5-18-14(10)20;1-5-9-10(16-6(2)13)11(17-7(3)14)12(19-9)18-8(4)15;1-10(2)12-5-6-7(14-10)8-9(13-6)16-11(3,4)15-8;11-8-5-9(13-2-12-8)15(3-14-5)10-7(18)6(17)4(1-16)19-10;7-3-1-2-4(8)6(10)5(3)9/h5-6,9,11-12,15H,4H2,1-3H3,(H2,16,17,18);9-12H,5H2,1-4H3;6-9H,5H2,1-4H3;2-4,6-7,10,16-18H,1H2,(H2,11,12,13);1-2,7-10H/t9-,11-,12?,15-;9-,10-,11?,12?;6-,7+,8-,9?;4-,6-,7?,10-;/m1111./s1. The first-order valence-electron chi connectivity index (χ1n) is 27.8. The number of anilines is 2. The Morgan fingerprint density at radius 2 is 1.01 bits per heavy atom. The van der Waals surface area contributed by atoms with Gasteiger partial charge in [0.25, 0.3) is 0 Å². The van der Waals surface area contributed by atoms with Crippen molar-refractivity contribution in [2.75, 3.05) is 24.7 Å². The third-order valence-corrected chi connectivity index (χ3v) is 13.9. The smallest absolute Gasteiger partial charge is 0.305 e. The predicted molar refractivity (Wildman–Crippen MR) is 296 cm³/mol. The Balaban J connectivity index is 0.000000162. The number of esters is 5. The monoisotopic (exact) mass is 1260 g/mol. The van der Waals surface area contributed by atoms with E-state index in [0.29, 0.717) is 41.8 Å². The minimum absolute atomic E-state index is 0.0841. The molecule has 6 fully saturated rings. The van der Waals surface area contributed by atoms with Crippen LogP contribution in [0.1, 0.15) is 101 Å². The highest BCUT2D eigenvalue weighted by Gasteiger charge is 2.59. The molecule has 0 spiro atoms. The highest BCUT2D eigenvalue weighted by atomic mass is 16.9. The molecule has 35 heteroatoms. The molecule has 11 rings (SSSR count). The average molecular weight is 1260 g/mol. The number of fused-ring (bicyclic) bond motifs is 5. The Hall–Kier alpha value is -7.97. The van der Waals surface area contributed by atoms with Crippen LogP contribution in [-0.2, 0) is 85.6 Å². The number of hydrogen-bond acceptors (Lipinski definition) is 33. The van der Waals surface area contributed by atoms with Gasteiger partial charge in [0.15, 0.2) is 83.1 Å². The molecule has 10 heterocycles. The van der Waals surface area contributed by atoms with Crippen molar-refractivity contribution in [1.29, 1.82) is 0 Å². The first-order chi connectivity index (χ1) is 41.9. The summed E-state index contributed by atoms with van der Waals surface area (Å²) >= 11 is 0. The van der Waals surface area contributed by atoms with Crippen LogP contribution in [0.15, 0.2) is 37.4 Å². The zero-order chi connectivity index (χ0) is 65.6. The zero-order valence-electron chi connectivity index (χ0n) is 50.2. The second-order valence-corrected chi connectivity index (χ2v) is 21.5. The van der Waals surface area contributed by atoms with Crippen LogP contribution in [0.5, 0.6) is 23.0 Å². The summed E-state index contributed by atoms with van der Waals surface area (Å²) in [7, 11) is 0. The molecule has 1 aromatic carbocycles. The van der Waals surface area contributed by atoms with Gasteiger partial charge in [-0.25, -0.2) is 29.9 Å². The largest absolute Gasteiger partial charge is 0.504 e. The molecular formula is C54H74N10O25. The van der Waals surface area contributed by atoms with Gasteiger partial charge < -0.3 is 109 Å². The molecule has 5 aromatic rings. The first kappa shape index (κ1) is 68.5. The number of aromatic nitrogens is 8. The third-order valence-electron chi connectivity index (χ3n) is 13.9. The topological polar surface area (TPSA) is 486 Å². The second-order valence-electron chi connectivity index (χ2n) is 21.5. The van der Waals surface area contributed by atoms with E-state index in [1.54, 1.807) is 4.57 Å². The molecule has 35 nitrogen and oxygen atoms in total. The van der Waals surface area contributed by atoms with Crippen molar-refractivity contribution in [2.45, 2.75) is 199 Å². The van der Waals surface area contributed by atoms with E-state index in [2.05, 4.69) is 29.9 Å². The average Bonchev–Trinajstić information content (AvgIpc) is 3.89. The number of hydrogen-bond donors (Lipinski definition) is 9. The van der Waals surface area contributed by atoms with Crippen molar-refractivity contribution in [1.82, 2.24) is 39.0 Å². The van der Waals surface area contributed by atoms with Crippen molar-refractivity contribution in [3.63, 3.8) is 0 Å². The Kier molecular flexibility index (Phi) is 22.1. The summed E-state index contributed by atoms with van der Waals surface area (Å²) < 4.78 is 74.3. The van der Waals surface area contributed by atoms with Gasteiger partial charge in [0.05, 0.1) is 25.9 Å². The van der Waals surface area contributed by atoms with Gasteiger partial charge in [-0.3, -0.25) is 33.1 Å². The predicted octanol–water partition coefficient (Wildman–Crippen LogP) is 0.670. The summed E-state index contributed by atoms with van der Waals surface area (Å²) in [4.78, 5) is 80.4. The van der Waals surface area contributed by atoms with Crippen molar-refractivity contribution < 1.29 is 121 Å². The number of carbonyl (C=O) groups excluding carboxylic acids is 5. The van der Waals surface area contributed by atoms with Gasteiger partial charge in [-0.05, 0) is 52.7 Å². The summed E-state index contributed by atoms with van der Waals surface area (Å²) in [6, 6.07) is 2.15. The minimum atomic E-state index is -1.19. The molecule has 0 bridgehead atoms. The first-order valence-corrected chi connectivity index (χ1v) is 27.8. The van der Waals surface area contributed by atoms with Gasteiger partial charge in [0.1, 0.15) is 72.5 Å². The van der Waals surface area contributed by atoms with Crippen LogP contribution in [0.3, 0.4) is 0 Å². The van der Waals surface area contributed by atoms with E-state index in [1.807, 2.05) is 41.5 Å². The van der Waals surface area contributed by atoms with Crippen LogP contribution in [0.25, 0.3) is 22.3 Å². The molecule has 16 atom stereocenters. The maximum atomic E-state index is 11.6. The van der Waals surface area contributed by atoms with E-state index in [0.717, 1.165) is 12.1 Å². The van der Waals surface area contributed by atoms with E-state index in [-0.39, 0.29) is 36.2 Å². The Bertz CT molecular complexity index is 3270. The third kappa shape index (κ3) is 16.1. The van der Waals surface area contributed by atoms with Crippen LogP contribution in [0.4, 0.5) is 11.6 Å². The molecule has 4 aromatic heterocycles. The highest BCUT2D eigenvalue weighted by molar-refractivity contribution is 5.82. The van der Waals surface area contributed by atoms with Gasteiger partial charge >= 0.3 is 29.8 Å². The van der Waals surface area contributed by atoms with E-state index in [4.69, 9.17) is 98.6 Å². The van der Waals surface area contributed by atoms with Crippen molar-refractivity contribution >= 4 is 63.8 Å². The SMILES string of the molecule is CC1(C)OC[C@H]2OC3OC(C)(C)O[C@@H]3[C@H]2O1.CC[C@H]1OC(OC(C)=O)C(OC(C)=O)[C@@H]1OC(C)=O.CC[C@H]1O[C@@H](n2cnc3c(N)ncnc32)C(OC(C)=O)[C@@H]1OC(C)=O.Nc1ncnc2c1ncn2[C@@H]1O[C@H](CO)[C@@H](O)C1O.Oc1ccc(O)c(O)c1O. The summed E-state index contributed by atoms with van der Waals surface area (Å²) in [5.74, 6) is -5.71. The molecule has 6 aliphatic rings. The molecule has 0 radical (unpaired) electrons. The van der Waals surface area contributed by atoms with E-state index >= 15 is 0 Å². The van der Waals surface area contributed by atoms with E-state index in [9.17, 15) is 34.2 Å². The molecule has 6 aliphatic heterocycles. The number of phenols is 4. The lowest BCUT2D eigenvalue weighted by Gasteiger charge is -2.38. The molecule has 5 unspecified atom stereocenters. The van der Waals surface area contributed by atoms with E-state index in [1.165, 1.54) is 64.5 Å². The minimum Gasteiger partial charge on any atom is -0.504 e. The number of ether oxygens (including phenoxy) is 13. The molecule has 0 amide bonds. The number of aliphatic hydroxyl groups excluding tert-OH is 3. The van der Waals surface area contributed by atoms with Crippen LogP contribution in [0.2, 0.25) is 0 Å². The molecule has 89 heavy (non-hydrogen) atoms.